The van der Waals surface area contributed by atoms with E-state index in [9.17, 15) is 0 Å². The Bertz CT molecular complexity index is 381. The van der Waals surface area contributed by atoms with Gasteiger partial charge in [-0.15, -0.1) is 0 Å². The van der Waals surface area contributed by atoms with Gasteiger partial charge in [-0.25, -0.2) is 0 Å². The average Bonchev–Trinajstić information content (AvgIpc) is 2.39. The second kappa shape index (κ2) is 6.42. The maximum absolute atomic E-state index is 3.45. The van der Waals surface area contributed by atoms with E-state index < -0.39 is 0 Å². The number of hydrogen-bond donors (Lipinski definition) is 1. The van der Waals surface area contributed by atoms with Crippen LogP contribution in [0.4, 0.5) is 5.69 Å². The van der Waals surface area contributed by atoms with Gasteiger partial charge in [0.1, 0.15) is 0 Å². The first kappa shape index (κ1) is 14.4. The van der Waals surface area contributed by atoms with Gasteiger partial charge in [-0.2, -0.15) is 0 Å². The summed E-state index contributed by atoms with van der Waals surface area (Å²) in [4.78, 5) is 2.53. The molecule has 1 aromatic carbocycles. The summed E-state index contributed by atoms with van der Waals surface area (Å²) in [7, 11) is 0. The molecule has 1 aliphatic rings. The van der Waals surface area contributed by atoms with Gasteiger partial charge in [0.2, 0.25) is 0 Å². The predicted octanol–water partition coefficient (Wildman–Crippen LogP) is 3.81. The SMILES string of the molecule is CCCNCc1ccc(N2CCCC(C)(C)C2)cc1. The Kier molecular flexibility index (Phi) is 4.87. The number of nitrogens with one attached hydrogen (secondary N) is 1. The molecule has 2 rings (SSSR count). The maximum Gasteiger partial charge on any atom is 0.0366 e. The summed E-state index contributed by atoms with van der Waals surface area (Å²) < 4.78 is 0. The Morgan fingerprint density at radius 3 is 2.58 bits per heavy atom. The molecule has 2 nitrogen and oxygen atoms in total. The fourth-order valence-corrected chi connectivity index (χ4v) is 2.88. The molecule has 1 aliphatic heterocycles. The zero-order valence-corrected chi connectivity index (χ0v) is 12.7. The van der Waals surface area contributed by atoms with E-state index in [1.54, 1.807) is 0 Å². The third kappa shape index (κ3) is 4.24. The highest BCUT2D eigenvalue weighted by Crippen LogP contribution is 2.31. The Balaban J connectivity index is 1.94. The van der Waals surface area contributed by atoms with Crippen LogP contribution in [-0.2, 0) is 6.54 Å². The van der Waals surface area contributed by atoms with Crippen LogP contribution in [0.3, 0.4) is 0 Å². The van der Waals surface area contributed by atoms with E-state index in [2.05, 4.69) is 55.3 Å². The van der Waals surface area contributed by atoms with Crippen molar-refractivity contribution in [3.63, 3.8) is 0 Å². The van der Waals surface area contributed by atoms with Crippen LogP contribution in [0.15, 0.2) is 24.3 Å². The third-order valence-electron chi connectivity index (χ3n) is 3.96. The van der Waals surface area contributed by atoms with Crippen molar-refractivity contribution in [2.24, 2.45) is 5.41 Å². The van der Waals surface area contributed by atoms with Gasteiger partial charge in [0.15, 0.2) is 0 Å². The first-order chi connectivity index (χ1) is 9.11. The summed E-state index contributed by atoms with van der Waals surface area (Å²) in [5.41, 5.74) is 3.22. The molecule has 0 radical (unpaired) electrons. The van der Waals surface area contributed by atoms with Crippen LogP contribution in [-0.4, -0.2) is 19.6 Å². The van der Waals surface area contributed by atoms with Crippen molar-refractivity contribution < 1.29 is 0 Å². The van der Waals surface area contributed by atoms with Crippen LogP contribution in [0.1, 0.15) is 45.6 Å². The van der Waals surface area contributed by atoms with Crippen LogP contribution >= 0.6 is 0 Å². The van der Waals surface area contributed by atoms with Gasteiger partial charge in [0.25, 0.3) is 0 Å². The molecule has 0 spiro atoms. The molecular formula is C17H28N2. The molecule has 0 bridgehead atoms. The molecule has 1 heterocycles. The number of rotatable bonds is 5. The van der Waals surface area contributed by atoms with Crippen LogP contribution in [0, 0.1) is 5.41 Å². The van der Waals surface area contributed by atoms with E-state index in [0.29, 0.717) is 5.41 Å². The molecule has 0 unspecified atom stereocenters. The lowest BCUT2D eigenvalue weighted by atomic mass is 9.84. The highest BCUT2D eigenvalue weighted by atomic mass is 15.1. The van der Waals surface area contributed by atoms with Crippen LogP contribution in [0.2, 0.25) is 0 Å². The van der Waals surface area contributed by atoms with Gasteiger partial charge >= 0.3 is 0 Å². The lowest BCUT2D eigenvalue weighted by Gasteiger charge is -2.39. The quantitative estimate of drug-likeness (QED) is 0.810. The average molecular weight is 260 g/mol. The Morgan fingerprint density at radius 2 is 1.95 bits per heavy atom. The second-order valence-electron chi connectivity index (χ2n) is 6.53. The number of nitrogens with zero attached hydrogens (tertiary/aromatic N) is 1. The van der Waals surface area contributed by atoms with Crippen LogP contribution < -0.4 is 10.2 Å². The van der Waals surface area contributed by atoms with E-state index in [1.807, 2.05) is 0 Å². The molecule has 106 valence electrons. The molecule has 0 aliphatic carbocycles. The van der Waals surface area contributed by atoms with Crippen molar-refractivity contribution in [2.45, 2.75) is 46.6 Å². The van der Waals surface area contributed by atoms with Gasteiger partial charge in [-0.05, 0) is 48.9 Å². The molecule has 19 heavy (non-hydrogen) atoms. The molecule has 1 aromatic rings. The van der Waals surface area contributed by atoms with E-state index in [4.69, 9.17) is 0 Å². The van der Waals surface area contributed by atoms with Crippen molar-refractivity contribution in [1.29, 1.82) is 0 Å². The Morgan fingerprint density at radius 1 is 1.21 bits per heavy atom. The largest absolute Gasteiger partial charge is 0.371 e. The Labute approximate surface area is 118 Å². The topological polar surface area (TPSA) is 15.3 Å². The van der Waals surface area contributed by atoms with E-state index in [-0.39, 0.29) is 0 Å². The molecule has 0 aromatic heterocycles. The van der Waals surface area contributed by atoms with Crippen molar-refractivity contribution in [3.8, 4) is 0 Å². The summed E-state index contributed by atoms with van der Waals surface area (Å²) in [5, 5.41) is 3.45. The molecule has 2 heteroatoms. The minimum absolute atomic E-state index is 0.458. The molecule has 1 saturated heterocycles. The van der Waals surface area contributed by atoms with Gasteiger partial charge in [-0.1, -0.05) is 32.9 Å². The zero-order valence-electron chi connectivity index (χ0n) is 12.7. The van der Waals surface area contributed by atoms with E-state index in [0.717, 1.165) is 13.1 Å². The summed E-state index contributed by atoms with van der Waals surface area (Å²) in [6.07, 6.45) is 3.86. The lowest BCUT2D eigenvalue weighted by molar-refractivity contribution is 0.293. The molecule has 0 amide bonds. The van der Waals surface area contributed by atoms with Gasteiger partial charge in [-0.3, -0.25) is 0 Å². The minimum atomic E-state index is 0.458. The summed E-state index contributed by atoms with van der Waals surface area (Å²) in [6, 6.07) is 9.09. The van der Waals surface area contributed by atoms with Gasteiger partial charge in [0, 0.05) is 25.3 Å². The smallest absolute Gasteiger partial charge is 0.0366 e. The standard InChI is InChI=1S/C17H28N2/c1-4-11-18-13-15-6-8-16(9-7-15)19-12-5-10-17(2,3)14-19/h6-9,18H,4-5,10-14H2,1-3H3. The van der Waals surface area contributed by atoms with Crippen molar-refractivity contribution in [1.82, 2.24) is 5.32 Å². The van der Waals surface area contributed by atoms with Gasteiger partial charge in [0.05, 0.1) is 0 Å². The van der Waals surface area contributed by atoms with Crippen molar-refractivity contribution in [3.05, 3.63) is 29.8 Å². The summed E-state index contributed by atoms with van der Waals surface area (Å²) in [5.74, 6) is 0. The van der Waals surface area contributed by atoms with Crippen molar-refractivity contribution in [2.75, 3.05) is 24.5 Å². The van der Waals surface area contributed by atoms with Crippen LogP contribution in [0.25, 0.3) is 0 Å². The predicted molar refractivity (Wildman–Crippen MR) is 83.7 cm³/mol. The number of hydrogen-bond acceptors (Lipinski definition) is 2. The van der Waals surface area contributed by atoms with E-state index >= 15 is 0 Å². The fraction of sp³-hybridized carbons (Fsp3) is 0.647. The van der Waals surface area contributed by atoms with Crippen molar-refractivity contribution >= 4 is 5.69 Å². The molecular weight excluding hydrogens is 232 g/mol. The van der Waals surface area contributed by atoms with E-state index in [1.165, 1.54) is 43.6 Å². The monoisotopic (exact) mass is 260 g/mol. The zero-order chi connectivity index (χ0) is 13.7. The number of piperidine rings is 1. The third-order valence-corrected chi connectivity index (χ3v) is 3.96. The lowest BCUT2D eigenvalue weighted by Crippen LogP contribution is -2.40. The fourth-order valence-electron chi connectivity index (χ4n) is 2.88. The first-order valence-corrected chi connectivity index (χ1v) is 7.65. The summed E-state index contributed by atoms with van der Waals surface area (Å²) >= 11 is 0. The number of anilines is 1. The number of benzene rings is 1. The molecule has 0 saturated carbocycles. The highest BCUT2D eigenvalue weighted by molar-refractivity contribution is 5.48. The summed E-state index contributed by atoms with van der Waals surface area (Å²) in [6.45, 7) is 11.4. The molecule has 1 fully saturated rings. The normalized spacial score (nSPS) is 18.6. The minimum Gasteiger partial charge on any atom is -0.371 e. The Hall–Kier alpha value is -1.02. The van der Waals surface area contributed by atoms with Crippen LogP contribution in [0.5, 0.6) is 0 Å². The maximum atomic E-state index is 3.45. The second-order valence-corrected chi connectivity index (χ2v) is 6.53. The molecule has 1 N–H and O–H groups in total. The highest BCUT2D eigenvalue weighted by Gasteiger charge is 2.26. The first-order valence-electron chi connectivity index (χ1n) is 7.65. The molecule has 0 atom stereocenters. The van der Waals surface area contributed by atoms with Gasteiger partial charge < -0.3 is 10.2 Å².